The second-order valence-corrected chi connectivity index (χ2v) is 5.24. The van der Waals surface area contributed by atoms with Gasteiger partial charge < -0.3 is 10.8 Å². The van der Waals surface area contributed by atoms with Crippen molar-refractivity contribution >= 4 is 17.7 Å². The van der Waals surface area contributed by atoms with Crippen molar-refractivity contribution in [2.45, 2.75) is 24.9 Å². The van der Waals surface area contributed by atoms with E-state index >= 15 is 0 Å². The van der Waals surface area contributed by atoms with Gasteiger partial charge in [-0.3, -0.25) is 4.79 Å². The van der Waals surface area contributed by atoms with Crippen molar-refractivity contribution in [3.8, 4) is 0 Å². The van der Waals surface area contributed by atoms with Gasteiger partial charge >= 0.3 is 0 Å². The molecule has 3 nitrogen and oxygen atoms in total. The number of thioether (sulfide) groups is 1. The van der Waals surface area contributed by atoms with Gasteiger partial charge in [-0.05, 0) is 30.2 Å². The molecule has 16 heavy (non-hydrogen) atoms. The highest BCUT2D eigenvalue weighted by Crippen LogP contribution is 2.20. The molecule has 0 spiro atoms. The first-order chi connectivity index (χ1) is 7.54. The number of benzene rings is 1. The predicted octanol–water partition coefficient (Wildman–Crippen LogP) is 1.71. The number of hydrogen-bond acceptors (Lipinski definition) is 3. The number of amides is 1. The third-order valence-corrected chi connectivity index (χ3v) is 3.60. The molecule has 3 N–H and O–H groups in total. The lowest BCUT2D eigenvalue weighted by molar-refractivity contribution is 0.1000. The van der Waals surface area contributed by atoms with Crippen molar-refractivity contribution < 1.29 is 9.90 Å². The Morgan fingerprint density at radius 2 is 2.25 bits per heavy atom. The molecule has 0 bridgehead atoms. The average molecular weight is 239 g/mol. The molecule has 0 saturated heterocycles. The van der Waals surface area contributed by atoms with Crippen molar-refractivity contribution in [1.29, 1.82) is 0 Å². The highest BCUT2D eigenvalue weighted by atomic mass is 32.2. The lowest BCUT2D eigenvalue weighted by atomic mass is 10.1. The van der Waals surface area contributed by atoms with Crippen molar-refractivity contribution in [3.05, 3.63) is 34.9 Å². The fourth-order valence-corrected chi connectivity index (χ4v) is 2.19. The SMILES string of the molecule is Cc1cc(C(N)=O)ccc1CSC(C)CO. The van der Waals surface area contributed by atoms with E-state index in [9.17, 15) is 4.79 Å². The molecule has 0 saturated carbocycles. The van der Waals surface area contributed by atoms with Crippen LogP contribution in [0.1, 0.15) is 28.4 Å². The molecule has 1 rings (SSSR count). The van der Waals surface area contributed by atoms with E-state index in [1.165, 1.54) is 5.56 Å². The van der Waals surface area contributed by atoms with Crippen LogP contribution >= 0.6 is 11.8 Å². The number of aliphatic hydroxyl groups is 1. The first kappa shape index (κ1) is 13.1. The average Bonchev–Trinajstić information content (AvgIpc) is 2.26. The molecule has 1 atom stereocenters. The lowest BCUT2D eigenvalue weighted by Crippen LogP contribution is -2.11. The standard InChI is InChI=1S/C12H17NO2S/c1-8-5-10(12(13)15)3-4-11(8)7-16-9(2)6-14/h3-5,9,14H,6-7H2,1-2H3,(H2,13,15). The molecule has 0 aliphatic rings. The van der Waals surface area contributed by atoms with Crippen molar-refractivity contribution in [2.75, 3.05) is 6.61 Å². The van der Waals surface area contributed by atoms with Crippen LogP contribution in [0.15, 0.2) is 18.2 Å². The zero-order valence-electron chi connectivity index (χ0n) is 9.56. The fraction of sp³-hybridized carbons (Fsp3) is 0.417. The molecular formula is C12H17NO2S. The van der Waals surface area contributed by atoms with Crippen LogP contribution in [0.3, 0.4) is 0 Å². The van der Waals surface area contributed by atoms with Crippen molar-refractivity contribution in [2.24, 2.45) is 5.73 Å². The molecule has 0 heterocycles. The number of nitrogens with two attached hydrogens (primary N) is 1. The summed E-state index contributed by atoms with van der Waals surface area (Å²) in [5.41, 5.74) is 7.98. The zero-order valence-corrected chi connectivity index (χ0v) is 10.4. The molecule has 0 radical (unpaired) electrons. The number of hydrogen-bond donors (Lipinski definition) is 2. The molecule has 0 fully saturated rings. The summed E-state index contributed by atoms with van der Waals surface area (Å²) in [7, 11) is 0. The topological polar surface area (TPSA) is 63.3 Å². The fourth-order valence-electron chi connectivity index (χ4n) is 1.30. The maximum Gasteiger partial charge on any atom is 0.248 e. The second-order valence-electron chi connectivity index (χ2n) is 3.81. The normalized spacial score (nSPS) is 12.4. The highest BCUT2D eigenvalue weighted by Gasteiger charge is 2.06. The van der Waals surface area contributed by atoms with E-state index in [0.29, 0.717) is 5.56 Å². The minimum Gasteiger partial charge on any atom is -0.395 e. The van der Waals surface area contributed by atoms with E-state index in [1.54, 1.807) is 17.8 Å². The van der Waals surface area contributed by atoms with Crippen molar-refractivity contribution in [3.63, 3.8) is 0 Å². The molecule has 1 aromatic carbocycles. The first-order valence-corrected chi connectivity index (χ1v) is 6.21. The summed E-state index contributed by atoms with van der Waals surface area (Å²) in [5, 5.41) is 9.15. The Bertz CT molecular complexity index is 379. The van der Waals surface area contributed by atoms with Gasteiger partial charge in [-0.1, -0.05) is 13.0 Å². The van der Waals surface area contributed by atoms with Gasteiger partial charge in [0.05, 0.1) is 6.61 Å². The van der Waals surface area contributed by atoms with Crippen LogP contribution in [0.5, 0.6) is 0 Å². The summed E-state index contributed by atoms with van der Waals surface area (Å²) in [4.78, 5) is 11.0. The highest BCUT2D eigenvalue weighted by molar-refractivity contribution is 7.99. The third kappa shape index (κ3) is 3.54. The van der Waals surface area contributed by atoms with Gasteiger partial charge in [0.25, 0.3) is 0 Å². The van der Waals surface area contributed by atoms with Gasteiger partial charge in [-0.2, -0.15) is 11.8 Å². The van der Waals surface area contributed by atoms with Crippen LogP contribution in [-0.4, -0.2) is 22.9 Å². The number of primary amides is 1. The van der Waals surface area contributed by atoms with Gasteiger partial charge in [-0.15, -0.1) is 0 Å². The largest absolute Gasteiger partial charge is 0.395 e. The molecule has 1 aromatic rings. The first-order valence-electron chi connectivity index (χ1n) is 5.16. The Hall–Kier alpha value is -1.000. The Labute approximate surface area is 100 Å². The minimum atomic E-state index is -0.397. The Balaban J connectivity index is 2.72. The monoisotopic (exact) mass is 239 g/mol. The van der Waals surface area contributed by atoms with Crippen LogP contribution in [0.2, 0.25) is 0 Å². The number of carbonyl (C=O) groups is 1. The number of carbonyl (C=O) groups excluding carboxylic acids is 1. The predicted molar refractivity (Wildman–Crippen MR) is 67.5 cm³/mol. The summed E-state index contributed by atoms with van der Waals surface area (Å²) in [5.74, 6) is 0.443. The number of aryl methyl sites for hydroxylation is 1. The van der Waals surface area contributed by atoms with E-state index < -0.39 is 5.91 Å². The second kappa shape index (κ2) is 5.92. The zero-order chi connectivity index (χ0) is 12.1. The van der Waals surface area contributed by atoms with Gasteiger partial charge in [-0.25, -0.2) is 0 Å². The quantitative estimate of drug-likeness (QED) is 0.822. The van der Waals surface area contributed by atoms with Gasteiger partial charge in [0, 0.05) is 16.6 Å². The maximum absolute atomic E-state index is 11.0. The van der Waals surface area contributed by atoms with Crippen LogP contribution in [-0.2, 0) is 5.75 Å². The maximum atomic E-state index is 11.0. The van der Waals surface area contributed by atoms with E-state index in [-0.39, 0.29) is 11.9 Å². The Kier molecular flexibility index (Phi) is 4.83. The Morgan fingerprint density at radius 3 is 2.75 bits per heavy atom. The van der Waals surface area contributed by atoms with E-state index in [0.717, 1.165) is 11.3 Å². The number of aliphatic hydroxyl groups excluding tert-OH is 1. The summed E-state index contributed by atoms with van der Waals surface area (Å²) in [6.45, 7) is 4.13. The smallest absolute Gasteiger partial charge is 0.248 e. The lowest BCUT2D eigenvalue weighted by Gasteiger charge is -2.10. The molecule has 88 valence electrons. The van der Waals surface area contributed by atoms with Crippen LogP contribution in [0.25, 0.3) is 0 Å². The van der Waals surface area contributed by atoms with Gasteiger partial charge in [0.15, 0.2) is 0 Å². The Morgan fingerprint density at radius 1 is 1.56 bits per heavy atom. The van der Waals surface area contributed by atoms with E-state index in [4.69, 9.17) is 10.8 Å². The summed E-state index contributed by atoms with van der Waals surface area (Å²) in [6, 6.07) is 5.48. The summed E-state index contributed by atoms with van der Waals surface area (Å²) >= 11 is 1.69. The molecule has 4 heteroatoms. The minimum absolute atomic E-state index is 0.184. The molecule has 0 aliphatic heterocycles. The summed E-state index contributed by atoms with van der Waals surface area (Å²) in [6.07, 6.45) is 0. The number of rotatable bonds is 5. The van der Waals surface area contributed by atoms with Gasteiger partial charge in [0.2, 0.25) is 5.91 Å². The third-order valence-electron chi connectivity index (χ3n) is 2.41. The van der Waals surface area contributed by atoms with E-state index in [1.807, 2.05) is 26.0 Å². The van der Waals surface area contributed by atoms with Crippen molar-refractivity contribution in [1.82, 2.24) is 0 Å². The molecule has 1 amide bonds. The molecule has 0 aliphatic carbocycles. The summed E-state index contributed by atoms with van der Waals surface area (Å²) < 4.78 is 0. The van der Waals surface area contributed by atoms with Crippen LogP contribution < -0.4 is 5.73 Å². The van der Waals surface area contributed by atoms with Crippen LogP contribution in [0.4, 0.5) is 0 Å². The molecule has 1 unspecified atom stereocenters. The van der Waals surface area contributed by atoms with E-state index in [2.05, 4.69) is 0 Å². The van der Waals surface area contributed by atoms with Gasteiger partial charge in [0.1, 0.15) is 0 Å². The molecule has 0 aromatic heterocycles. The van der Waals surface area contributed by atoms with Crippen LogP contribution in [0, 0.1) is 6.92 Å². The molecular weight excluding hydrogens is 222 g/mol.